The monoisotopic (exact) mass is 174 g/mol. The molecule has 0 aliphatic rings. The van der Waals surface area contributed by atoms with Crippen LogP contribution in [0.2, 0.25) is 0 Å². The van der Waals surface area contributed by atoms with Gasteiger partial charge < -0.3 is 10.2 Å². The Labute approximate surface area is 75.6 Å². The number of aliphatic hydroxyl groups excluding tert-OH is 1. The topological polar surface area (TPSA) is 40.5 Å². The highest BCUT2D eigenvalue weighted by molar-refractivity contribution is 4.71. The quantitative estimate of drug-likeness (QED) is 0.646. The summed E-state index contributed by atoms with van der Waals surface area (Å²) >= 11 is 0. The van der Waals surface area contributed by atoms with E-state index in [0.29, 0.717) is 12.3 Å². The van der Waals surface area contributed by atoms with E-state index in [1.165, 1.54) is 0 Å². The van der Waals surface area contributed by atoms with Crippen LogP contribution >= 0.6 is 0 Å². The lowest BCUT2D eigenvalue weighted by Gasteiger charge is -2.22. The van der Waals surface area contributed by atoms with Crippen LogP contribution in [0, 0.1) is 5.92 Å². The average molecular weight is 174 g/mol. The highest BCUT2D eigenvalue weighted by Gasteiger charge is 2.18. The predicted octanol–water partition coefficient (Wildman–Crippen LogP) is 1.95. The fraction of sp³-hybridized carbons (Fsp3) is 1.00. The lowest BCUT2D eigenvalue weighted by molar-refractivity contribution is 0.0226. The van der Waals surface area contributed by atoms with Crippen LogP contribution in [-0.2, 0) is 0 Å². The van der Waals surface area contributed by atoms with E-state index in [1.54, 1.807) is 6.92 Å². The Morgan fingerprint density at radius 1 is 1.25 bits per heavy atom. The molecule has 0 aromatic heterocycles. The molecule has 0 rings (SSSR count). The molecule has 0 bridgehead atoms. The molecule has 0 saturated carbocycles. The van der Waals surface area contributed by atoms with Gasteiger partial charge in [-0.15, -0.1) is 0 Å². The van der Waals surface area contributed by atoms with Gasteiger partial charge in [-0.25, -0.2) is 0 Å². The van der Waals surface area contributed by atoms with E-state index in [1.807, 2.05) is 0 Å². The van der Waals surface area contributed by atoms with Gasteiger partial charge in [-0.2, -0.15) is 0 Å². The normalized spacial score (nSPS) is 16.5. The SMILES string of the molecule is CC(C)CCCC(C)(O)CCO. The minimum absolute atomic E-state index is 0.0781. The number of rotatable bonds is 6. The Morgan fingerprint density at radius 3 is 2.25 bits per heavy atom. The van der Waals surface area contributed by atoms with Crippen LogP contribution in [0.15, 0.2) is 0 Å². The molecule has 0 aromatic carbocycles. The molecule has 0 aliphatic heterocycles. The summed E-state index contributed by atoms with van der Waals surface area (Å²) in [7, 11) is 0. The molecule has 0 heterocycles. The third-order valence-corrected chi connectivity index (χ3v) is 2.15. The van der Waals surface area contributed by atoms with E-state index < -0.39 is 5.60 Å². The number of hydrogen-bond donors (Lipinski definition) is 2. The van der Waals surface area contributed by atoms with Crippen molar-refractivity contribution in [1.29, 1.82) is 0 Å². The summed E-state index contributed by atoms with van der Waals surface area (Å²) in [4.78, 5) is 0. The molecule has 0 fully saturated rings. The molecule has 0 spiro atoms. The maximum atomic E-state index is 9.67. The molecular formula is C10H22O2. The van der Waals surface area contributed by atoms with Crippen LogP contribution in [0.3, 0.4) is 0 Å². The molecule has 0 amide bonds. The number of hydrogen-bond acceptors (Lipinski definition) is 2. The second kappa shape index (κ2) is 5.55. The third-order valence-electron chi connectivity index (χ3n) is 2.15. The molecule has 2 nitrogen and oxygen atoms in total. The van der Waals surface area contributed by atoms with Crippen molar-refractivity contribution in [1.82, 2.24) is 0 Å². The maximum absolute atomic E-state index is 9.67. The molecule has 0 aromatic rings. The van der Waals surface area contributed by atoms with Gasteiger partial charge in [0.1, 0.15) is 0 Å². The lowest BCUT2D eigenvalue weighted by Crippen LogP contribution is -2.25. The minimum Gasteiger partial charge on any atom is -0.396 e. The minimum atomic E-state index is -0.663. The van der Waals surface area contributed by atoms with Crippen molar-refractivity contribution >= 4 is 0 Å². The highest BCUT2D eigenvalue weighted by atomic mass is 16.3. The molecular weight excluding hydrogens is 152 g/mol. The van der Waals surface area contributed by atoms with Crippen LogP contribution in [0.4, 0.5) is 0 Å². The Morgan fingerprint density at radius 2 is 1.83 bits per heavy atom. The van der Waals surface area contributed by atoms with Crippen molar-refractivity contribution in [3.63, 3.8) is 0 Å². The van der Waals surface area contributed by atoms with Gasteiger partial charge in [-0.3, -0.25) is 0 Å². The second-order valence-corrected chi connectivity index (χ2v) is 4.26. The van der Waals surface area contributed by atoms with E-state index in [-0.39, 0.29) is 6.61 Å². The van der Waals surface area contributed by atoms with Crippen molar-refractivity contribution in [2.24, 2.45) is 5.92 Å². The van der Waals surface area contributed by atoms with Gasteiger partial charge in [0.15, 0.2) is 0 Å². The third kappa shape index (κ3) is 6.62. The molecule has 74 valence electrons. The van der Waals surface area contributed by atoms with Crippen LogP contribution in [0.1, 0.15) is 46.5 Å². The van der Waals surface area contributed by atoms with Gasteiger partial charge in [-0.1, -0.05) is 26.7 Å². The largest absolute Gasteiger partial charge is 0.396 e. The lowest BCUT2D eigenvalue weighted by atomic mass is 9.93. The Hall–Kier alpha value is -0.0800. The summed E-state index contributed by atoms with van der Waals surface area (Å²) in [6.07, 6.45) is 3.49. The zero-order valence-corrected chi connectivity index (χ0v) is 8.51. The van der Waals surface area contributed by atoms with Gasteiger partial charge in [0.05, 0.1) is 5.60 Å². The summed E-state index contributed by atoms with van der Waals surface area (Å²) in [5.41, 5.74) is -0.663. The van der Waals surface area contributed by atoms with Gasteiger partial charge >= 0.3 is 0 Å². The van der Waals surface area contributed by atoms with Crippen molar-refractivity contribution in [3.8, 4) is 0 Å². The van der Waals surface area contributed by atoms with Crippen LogP contribution in [-0.4, -0.2) is 22.4 Å². The van der Waals surface area contributed by atoms with E-state index >= 15 is 0 Å². The maximum Gasteiger partial charge on any atom is 0.0641 e. The molecule has 2 heteroatoms. The zero-order chi connectivity index (χ0) is 9.61. The molecule has 0 aliphatic carbocycles. The van der Waals surface area contributed by atoms with E-state index in [0.717, 1.165) is 19.3 Å². The highest BCUT2D eigenvalue weighted by Crippen LogP contribution is 2.19. The van der Waals surface area contributed by atoms with E-state index in [2.05, 4.69) is 13.8 Å². The molecule has 0 saturated heterocycles. The van der Waals surface area contributed by atoms with Crippen molar-refractivity contribution in [3.05, 3.63) is 0 Å². The molecule has 1 atom stereocenters. The summed E-state index contributed by atoms with van der Waals surface area (Å²) in [5.74, 6) is 0.704. The fourth-order valence-electron chi connectivity index (χ4n) is 1.26. The second-order valence-electron chi connectivity index (χ2n) is 4.26. The standard InChI is InChI=1S/C10H22O2/c1-9(2)5-4-6-10(3,12)7-8-11/h9,11-12H,4-8H2,1-3H3. The van der Waals surface area contributed by atoms with Crippen LogP contribution in [0.5, 0.6) is 0 Å². The summed E-state index contributed by atoms with van der Waals surface area (Å²) in [5, 5.41) is 18.3. The molecule has 0 radical (unpaired) electrons. The first-order valence-electron chi connectivity index (χ1n) is 4.81. The van der Waals surface area contributed by atoms with Gasteiger partial charge in [0.25, 0.3) is 0 Å². The number of aliphatic hydroxyl groups is 2. The molecule has 1 unspecified atom stereocenters. The molecule has 2 N–H and O–H groups in total. The van der Waals surface area contributed by atoms with Crippen molar-refractivity contribution in [2.75, 3.05) is 6.61 Å². The van der Waals surface area contributed by atoms with Gasteiger partial charge in [0.2, 0.25) is 0 Å². The van der Waals surface area contributed by atoms with Crippen LogP contribution < -0.4 is 0 Å². The smallest absolute Gasteiger partial charge is 0.0641 e. The predicted molar refractivity (Wildman–Crippen MR) is 51.0 cm³/mol. The summed E-state index contributed by atoms with van der Waals surface area (Å²) < 4.78 is 0. The van der Waals surface area contributed by atoms with Crippen molar-refractivity contribution < 1.29 is 10.2 Å². The average Bonchev–Trinajstić information content (AvgIpc) is 1.85. The molecule has 12 heavy (non-hydrogen) atoms. The van der Waals surface area contributed by atoms with Crippen LogP contribution in [0.25, 0.3) is 0 Å². The van der Waals surface area contributed by atoms with E-state index in [9.17, 15) is 5.11 Å². The van der Waals surface area contributed by atoms with Gasteiger partial charge in [-0.05, 0) is 25.7 Å². The summed E-state index contributed by atoms with van der Waals surface area (Å²) in [6, 6.07) is 0. The zero-order valence-electron chi connectivity index (χ0n) is 8.51. The van der Waals surface area contributed by atoms with E-state index in [4.69, 9.17) is 5.11 Å². The first-order valence-corrected chi connectivity index (χ1v) is 4.81. The Balaban J connectivity index is 3.46. The fourth-order valence-corrected chi connectivity index (χ4v) is 1.26. The first-order chi connectivity index (χ1) is 5.48. The Kier molecular flexibility index (Phi) is 5.51. The van der Waals surface area contributed by atoms with Crippen molar-refractivity contribution in [2.45, 2.75) is 52.1 Å². The summed E-state index contributed by atoms with van der Waals surface area (Å²) in [6.45, 7) is 6.24. The first kappa shape index (κ1) is 11.9. The van der Waals surface area contributed by atoms with Gasteiger partial charge in [0, 0.05) is 6.61 Å². The Bertz CT molecular complexity index is 108.